The summed E-state index contributed by atoms with van der Waals surface area (Å²) in [6.07, 6.45) is -3.63. The Balaban J connectivity index is 2.65. The van der Waals surface area contributed by atoms with Crippen LogP contribution in [-0.2, 0) is 4.79 Å². The molecule has 0 amide bonds. The largest absolute Gasteiger partial charge is 0.451 e. The van der Waals surface area contributed by atoms with E-state index >= 15 is 0 Å². The number of nitrogens with zero attached hydrogens (tertiary/aromatic N) is 2. The second-order valence-electron chi connectivity index (χ2n) is 2.61. The van der Waals surface area contributed by atoms with Gasteiger partial charge in [0.2, 0.25) is 0 Å². The van der Waals surface area contributed by atoms with Crippen molar-refractivity contribution in [2.75, 3.05) is 11.9 Å². The first kappa shape index (κ1) is 13.2. The van der Waals surface area contributed by atoms with Gasteiger partial charge in [0.15, 0.2) is 11.0 Å². The van der Waals surface area contributed by atoms with Gasteiger partial charge in [-0.05, 0) is 15.9 Å². The van der Waals surface area contributed by atoms with Crippen LogP contribution in [0.2, 0.25) is 5.15 Å². The summed E-state index contributed by atoms with van der Waals surface area (Å²) in [4.78, 5) is 17.9. The number of carbonyl (C=O) groups excluding carboxylic acids is 1. The minimum absolute atomic E-state index is 0.0810. The predicted octanol–water partition coefficient (Wildman–Crippen LogP) is 2.44. The topological polar surface area (TPSA) is 54.9 Å². The summed E-state index contributed by atoms with van der Waals surface area (Å²) >= 11 is 8.54. The zero-order chi connectivity index (χ0) is 12.3. The number of anilines is 1. The summed E-state index contributed by atoms with van der Waals surface area (Å²) in [7, 11) is 0. The quantitative estimate of drug-likeness (QED) is 0.930. The number of Topliss-reactive ketones (excluding diaryl/α,β-unsaturated/α-hetero) is 1. The number of nitrogens with one attached hydrogen (secondary N) is 1. The number of aromatic nitrogens is 2. The molecule has 9 heteroatoms. The number of hydrogen-bond donors (Lipinski definition) is 1. The molecule has 0 saturated carbocycles. The van der Waals surface area contributed by atoms with E-state index in [2.05, 4.69) is 31.2 Å². The molecule has 0 aliphatic heterocycles. The molecule has 1 N–H and O–H groups in total. The maximum Gasteiger partial charge on any atom is 0.451 e. The second kappa shape index (κ2) is 4.96. The van der Waals surface area contributed by atoms with E-state index in [0.29, 0.717) is 4.60 Å². The zero-order valence-corrected chi connectivity index (χ0v) is 9.82. The van der Waals surface area contributed by atoms with Crippen molar-refractivity contribution >= 4 is 39.1 Å². The Morgan fingerprint density at radius 1 is 1.56 bits per heavy atom. The molecular weight excluding hydrogens is 314 g/mol. The summed E-state index contributed by atoms with van der Waals surface area (Å²) in [5.41, 5.74) is 0. The van der Waals surface area contributed by atoms with Crippen LogP contribution in [0.5, 0.6) is 0 Å². The van der Waals surface area contributed by atoms with Gasteiger partial charge in [0.1, 0.15) is 4.60 Å². The van der Waals surface area contributed by atoms with E-state index in [9.17, 15) is 18.0 Å². The molecule has 0 radical (unpaired) electrons. The van der Waals surface area contributed by atoms with E-state index in [1.807, 2.05) is 0 Å². The molecule has 0 bridgehead atoms. The molecule has 0 fully saturated rings. The summed E-state index contributed by atoms with van der Waals surface area (Å²) < 4.78 is 35.9. The van der Waals surface area contributed by atoms with Crippen LogP contribution in [0.4, 0.5) is 19.0 Å². The van der Waals surface area contributed by atoms with Crippen molar-refractivity contribution in [2.45, 2.75) is 6.18 Å². The lowest BCUT2D eigenvalue weighted by Crippen LogP contribution is -2.29. The molecule has 0 atom stereocenters. The maximum atomic E-state index is 11.9. The van der Waals surface area contributed by atoms with Crippen LogP contribution in [-0.4, -0.2) is 28.5 Å². The molecule has 0 aliphatic carbocycles. The van der Waals surface area contributed by atoms with E-state index in [4.69, 9.17) is 11.6 Å². The molecule has 4 nitrogen and oxygen atoms in total. The first-order valence-corrected chi connectivity index (χ1v) is 4.99. The standard InChI is InChI=1S/C7H4BrClF3N3O/c8-4-2-14-6(5(9)15-4)13-1-3(16)7(10,11)12/h2H,1H2,(H,13,14). The van der Waals surface area contributed by atoms with Crippen molar-refractivity contribution in [3.63, 3.8) is 0 Å². The third kappa shape index (κ3) is 3.60. The van der Waals surface area contributed by atoms with Crippen molar-refractivity contribution in [2.24, 2.45) is 0 Å². The smallest absolute Gasteiger partial charge is 0.360 e. The zero-order valence-electron chi connectivity index (χ0n) is 7.48. The minimum atomic E-state index is -4.87. The second-order valence-corrected chi connectivity index (χ2v) is 3.78. The van der Waals surface area contributed by atoms with Crippen molar-refractivity contribution in [3.05, 3.63) is 16.0 Å². The lowest BCUT2D eigenvalue weighted by atomic mass is 10.4. The highest BCUT2D eigenvalue weighted by molar-refractivity contribution is 9.10. The predicted molar refractivity (Wildman–Crippen MR) is 54.3 cm³/mol. The van der Waals surface area contributed by atoms with Gasteiger partial charge in [0.05, 0.1) is 12.7 Å². The molecule has 0 aromatic carbocycles. The van der Waals surface area contributed by atoms with Gasteiger partial charge in [-0.3, -0.25) is 4.79 Å². The Labute approximate surface area is 101 Å². The summed E-state index contributed by atoms with van der Waals surface area (Å²) in [6, 6.07) is 0. The molecular formula is C7H4BrClF3N3O. The van der Waals surface area contributed by atoms with Crippen LogP contribution in [0.15, 0.2) is 10.8 Å². The molecule has 0 saturated heterocycles. The summed E-state index contributed by atoms with van der Waals surface area (Å²) in [5, 5.41) is 2.03. The highest BCUT2D eigenvalue weighted by atomic mass is 79.9. The Morgan fingerprint density at radius 3 is 2.69 bits per heavy atom. The summed E-state index contributed by atoms with van der Waals surface area (Å²) in [6.45, 7) is -0.931. The first-order chi connectivity index (χ1) is 7.30. The average molecular weight is 318 g/mol. The molecule has 88 valence electrons. The SMILES string of the molecule is O=C(CNc1ncc(Br)nc1Cl)C(F)(F)F. The molecule has 16 heavy (non-hydrogen) atoms. The lowest BCUT2D eigenvalue weighted by molar-refractivity contribution is -0.168. The van der Waals surface area contributed by atoms with E-state index < -0.39 is 18.5 Å². The number of halogens is 5. The van der Waals surface area contributed by atoms with E-state index in [-0.39, 0.29) is 11.0 Å². The monoisotopic (exact) mass is 317 g/mol. The van der Waals surface area contributed by atoms with Crippen molar-refractivity contribution in [1.29, 1.82) is 0 Å². The van der Waals surface area contributed by atoms with Gasteiger partial charge in [-0.15, -0.1) is 0 Å². The van der Waals surface area contributed by atoms with E-state index in [1.165, 1.54) is 6.20 Å². The maximum absolute atomic E-state index is 11.9. The fraction of sp³-hybridized carbons (Fsp3) is 0.286. The number of alkyl halides is 3. The minimum Gasteiger partial charge on any atom is -0.360 e. The average Bonchev–Trinajstić information content (AvgIpc) is 2.14. The molecule has 1 aromatic rings. The molecule has 1 aromatic heterocycles. The van der Waals surface area contributed by atoms with Gasteiger partial charge in [0, 0.05) is 0 Å². The first-order valence-electron chi connectivity index (χ1n) is 3.82. The number of ketones is 1. The van der Waals surface area contributed by atoms with Crippen LogP contribution in [0.25, 0.3) is 0 Å². The number of carbonyl (C=O) groups is 1. The Bertz CT molecular complexity index is 412. The highest BCUT2D eigenvalue weighted by Crippen LogP contribution is 2.20. The third-order valence-corrected chi connectivity index (χ3v) is 2.08. The van der Waals surface area contributed by atoms with Gasteiger partial charge in [-0.1, -0.05) is 11.6 Å². The Hall–Kier alpha value is -0.890. The highest BCUT2D eigenvalue weighted by Gasteiger charge is 2.37. The Morgan fingerprint density at radius 2 is 2.19 bits per heavy atom. The van der Waals surface area contributed by atoms with Gasteiger partial charge >= 0.3 is 6.18 Å². The van der Waals surface area contributed by atoms with Crippen molar-refractivity contribution in [3.8, 4) is 0 Å². The molecule has 0 unspecified atom stereocenters. The van der Waals surface area contributed by atoms with Crippen LogP contribution in [0.1, 0.15) is 0 Å². The van der Waals surface area contributed by atoms with Gasteiger partial charge in [0.25, 0.3) is 5.78 Å². The normalized spacial score (nSPS) is 11.3. The molecule has 0 spiro atoms. The fourth-order valence-corrected chi connectivity index (χ4v) is 1.32. The third-order valence-electron chi connectivity index (χ3n) is 1.43. The van der Waals surface area contributed by atoms with E-state index in [0.717, 1.165) is 0 Å². The van der Waals surface area contributed by atoms with Crippen LogP contribution in [0.3, 0.4) is 0 Å². The summed E-state index contributed by atoms with van der Waals surface area (Å²) in [5.74, 6) is -1.99. The molecule has 1 rings (SSSR count). The van der Waals surface area contributed by atoms with Crippen molar-refractivity contribution in [1.82, 2.24) is 9.97 Å². The van der Waals surface area contributed by atoms with Crippen LogP contribution >= 0.6 is 27.5 Å². The Kier molecular flexibility index (Phi) is 4.09. The number of hydrogen-bond acceptors (Lipinski definition) is 4. The molecule has 0 aliphatic rings. The van der Waals surface area contributed by atoms with Gasteiger partial charge in [-0.2, -0.15) is 13.2 Å². The lowest BCUT2D eigenvalue weighted by Gasteiger charge is -2.07. The van der Waals surface area contributed by atoms with Crippen LogP contribution < -0.4 is 5.32 Å². The fourth-order valence-electron chi connectivity index (χ4n) is 0.729. The number of rotatable bonds is 3. The van der Waals surface area contributed by atoms with Crippen LogP contribution in [0, 0.1) is 0 Å². The van der Waals surface area contributed by atoms with Gasteiger partial charge in [-0.25, -0.2) is 9.97 Å². The van der Waals surface area contributed by atoms with E-state index in [1.54, 1.807) is 0 Å². The van der Waals surface area contributed by atoms with Crippen molar-refractivity contribution < 1.29 is 18.0 Å². The van der Waals surface area contributed by atoms with Gasteiger partial charge < -0.3 is 5.32 Å². The molecule has 1 heterocycles.